The van der Waals surface area contributed by atoms with Gasteiger partial charge in [0.1, 0.15) is 5.82 Å². The van der Waals surface area contributed by atoms with Crippen LogP contribution in [0.3, 0.4) is 0 Å². The molecule has 20 heavy (non-hydrogen) atoms. The summed E-state index contributed by atoms with van der Waals surface area (Å²) in [6.07, 6.45) is 2.07. The minimum Gasteiger partial charge on any atom is -0.309 e. The van der Waals surface area contributed by atoms with Gasteiger partial charge in [-0.25, -0.2) is 4.39 Å². The molecule has 0 bridgehead atoms. The van der Waals surface area contributed by atoms with E-state index in [0.29, 0.717) is 11.1 Å². The van der Waals surface area contributed by atoms with Gasteiger partial charge in [0.25, 0.3) is 0 Å². The van der Waals surface area contributed by atoms with E-state index in [0.717, 1.165) is 5.56 Å². The number of thioether (sulfide) groups is 1. The summed E-state index contributed by atoms with van der Waals surface area (Å²) < 4.78 is 13.8. The molecular formula is C17H20FNS. The van der Waals surface area contributed by atoms with Gasteiger partial charge < -0.3 is 5.32 Å². The molecule has 0 radical (unpaired) electrons. The SMILES string of the molecule is CNC(c1ccc(SC)cc1)c1cc(C)c(F)c(C)c1. The predicted octanol–water partition coefficient (Wildman–Crippen LogP) is 4.47. The van der Waals surface area contributed by atoms with Gasteiger partial charge in [0.05, 0.1) is 6.04 Å². The maximum Gasteiger partial charge on any atom is 0.129 e. The number of rotatable bonds is 4. The first-order chi connectivity index (χ1) is 9.56. The van der Waals surface area contributed by atoms with Crippen LogP contribution in [-0.2, 0) is 0 Å². The third-order valence-corrected chi connectivity index (χ3v) is 4.27. The first-order valence-corrected chi connectivity index (χ1v) is 7.87. The normalized spacial score (nSPS) is 12.4. The van der Waals surface area contributed by atoms with E-state index >= 15 is 0 Å². The average molecular weight is 289 g/mol. The molecule has 0 spiro atoms. The average Bonchev–Trinajstić information content (AvgIpc) is 2.46. The molecule has 0 aliphatic rings. The van der Waals surface area contributed by atoms with Crippen LogP contribution in [0.15, 0.2) is 41.3 Å². The third kappa shape index (κ3) is 3.05. The van der Waals surface area contributed by atoms with E-state index in [1.165, 1.54) is 10.5 Å². The van der Waals surface area contributed by atoms with Crippen molar-refractivity contribution in [2.24, 2.45) is 0 Å². The van der Waals surface area contributed by atoms with Crippen molar-refractivity contribution >= 4 is 11.8 Å². The molecule has 0 aromatic heterocycles. The number of halogens is 1. The Labute approximate surface area is 124 Å². The molecule has 0 saturated carbocycles. The first-order valence-electron chi connectivity index (χ1n) is 6.64. The highest BCUT2D eigenvalue weighted by Crippen LogP contribution is 2.27. The van der Waals surface area contributed by atoms with Crippen LogP contribution in [0.2, 0.25) is 0 Å². The van der Waals surface area contributed by atoms with Gasteiger partial charge in [0.2, 0.25) is 0 Å². The molecule has 2 rings (SSSR count). The van der Waals surface area contributed by atoms with Crippen LogP contribution in [0.4, 0.5) is 4.39 Å². The monoisotopic (exact) mass is 289 g/mol. The van der Waals surface area contributed by atoms with Crippen LogP contribution in [0, 0.1) is 19.7 Å². The molecule has 2 aromatic carbocycles. The lowest BCUT2D eigenvalue weighted by atomic mass is 9.95. The van der Waals surface area contributed by atoms with E-state index in [9.17, 15) is 4.39 Å². The molecule has 0 aliphatic heterocycles. The molecule has 0 heterocycles. The van der Waals surface area contributed by atoms with Gasteiger partial charge in [-0.2, -0.15) is 0 Å². The highest BCUT2D eigenvalue weighted by molar-refractivity contribution is 7.98. The molecule has 0 aliphatic carbocycles. The molecular weight excluding hydrogens is 269 g/mol. The van der Waals surface area contributed by atoms with Gasteiger partial charge in [-0.1, -0.05) is 24.3 Å². The van der Waals surface area contributed by atoms with Crippen molar-refractivity contribution in [3.63, 3.8) is 0 Å². The van der Waals surface area contributed by atoms with Gasteiger partial charge in [-0.15, -0.1) is 11.8 Å². The van der Waals surface area contributed by atoms with Crippen molar-refractivity contribution in [1.29, 1.82) is 0 Å². The van der Waals surface area contributed by atoms with Gasteiger partial charge in [0, 0.05) is 4.90 Å². The van der Waals surface area contributed by atoms with Gasteiger partial charge in [-0.3, -0.25) is 0 Å². The standard InChI is InChI=1S/C17H20FNS/c1-11-9-14(10-12(2)16(11)18)17(19-3)13-5-7-15(20-4)8-6-13/h5-10,17,19H,1-4H3. The lowest BCUT2D eigenvalue weighted by Crippen LogP contribution is -2.18. The first kappa shape index (κ1) is 15.1. The maximum absolute atomic E-state index is 13.8. The molecule has 0 fully saturated rings. The molecule has 1 atom stereocenters. The quantitative estimate of drug-likeness (QED) is 0.833. The van der Waals surface area contributed by atoms with Gasteiger partial charge in [-0.05, 0) is 61.5 Å². The van der Waals surface area contributed by atoms with Crippen molar-refractivity contribution in [2.45, 2.75) is 24.8 Å². The summed E-state index contributed by atoms with van der Waals surface area (Å²) in [4.78, 5) is 1.25. The van der Waals surface area contributed by atoms with Crippen LogP contribution < -0.4 is 5.32 Å². The summed E-state index contributed by atoms with van der Waals surface area (Å²) >= 11 is 1.73. The van der Waals surface area contributed by atoms with E-state index in [1.54, 1.807) is 11.8 Å². The Hall–Kier alpha value is -1.32. The fourth-order valence-corrected chi connectivity index (χ4v) is 2.88. The molecule has 0 amide bonds. The van der Waals surface area contributed by atoms with Crippen LogP contribution in [0.25, 0.3) is 0 Å². The molecule has 0 saturated heterocycles. The van der Waals surface area contributed by atoms with Crippen molar-refractivity contribution in [1.82, 2.24) is 5.32 Å². The van der Waals surface area contributed by atoms with Crippen LogP contribution in [0.5, 0.6) is 0 Å². The summed E-state index contributed by atoms with van der Waals surface area (Å²) in [6.45, 7) is 3.63. The fraction of sp³-hybridized carbons (Fsp3) is 0.294. The number of hydrogen-bond donors (Lipinski definition) is 1. The Morgan fingerprint density at radius 3 is 2.00 bits per heavy atom. The Bertz CT molecular complexity index is 569. The summed E-state index contributed by atoms with van der Waals surface area (Å²) in [5, 5.41) is 3.32. The zero-order valence-electron chi connectivity index (χ0n) is 12.3. The zero-order valence-corrected chi connectivity index (χ0v) is 13.1. The predicted molar refractivity (Wildman–Crippen MR) is 85.0 cm³/mol. The lowest BCUT2D eigenvalue weighted by Gasteiger charge is -2.19. The Kier molecular flexibility index (Phi) is 4.84. The van der Waals surface area contributed by atoms with Crippen molar-refractivity contribution in [3.8, 4) is 0 Å². The molecule has 1 N–H and O–H groups in total. The van der Waals surface area contributed by atoms with Crippen LogP contribution >= 0.6 is 11.8 Å². The summed E-state index contributed by atoms with van der Waals surface area (Å²) in [7, 11) is 1.93. The molecule has 106 valence electrons. The third-order valence-electron chi connectivity index (χ3n) is 3.53. The second-order valence-corrected chi connectivity index (χ2v) is 5.84. The van der Waals surface area contributed by atoms with E-state index in [1.807, 2.05) is 33.0 Å². The summed E-state index contributed by atoms with van der Waals surface area (Å²) in [5.41, 5.74) is 3.68. The maximum atomic E-state index is 13.8. The van der Waals surface area contributed by atoms with Crippen LogP contribution in [-0.4, -0.2) is 13.3 Å². The number of nitrogens with one attached hydrogen (secondary N) is 1. The Morgan fingerprint density at radius 2 is 1.55 bits per heavy atom. The van der Waals surface area contributed by atoms with Gasteiger partial charge >= 0.3 is 0 Å². The van der Waals surface area contributed by atoms with E-state index in [-0.39, 0.29) is 11.9 Å². The lowest BCUT2D eigenvalue weighted by molar-refractivity contribution is 0.604. The van der Waals surface area contributed by atoms with Crippen molar-refractivity contribution in [2.75, 3.05) is 13.3 Å². The Balaban J connectivity index is 2.41. The second-order valence-electron chi connectivity index (χ2n) is 4.96. The highest BCUT2D eigenvalue weighted by Gasteiger charge is 2.14. The molecule has 3 heteroatoms. The van der Waals surface area contributed by atoms with Crippen LogP contribution in [0.1, 0.15) is 28.3 Å². The molecule has 1 unspecified atom stereocenters. The number of aryl methyl sites for hydroxylation is 2. The smallest absolute Gasteiger partial charge is 0.129 e. The number of hydrogen-bond acceptors (Lipinski definition) is 2. The number of benzene rings is 2. The largest absolute Gasteiger partial charge is 0.309 e. The minimum absolute atomic E-state index is 0.0870. The highest BCUT2D eigenvalue weighted by atomic mass is 32.2. The minimum atomic E-state index is -0.110. The summed E-state index contributed by atoms with van der Waals surface area (Å²) in [5.74, 6) is -0.110. The van der Waals surface area contributed by atoms with Crippen molar-refractivity contribution in [3.05, 3.63) is 64.5 Å². The fourth-order valence-electron chi connectivity index (χ4n) is 2.47. The second kappa shape index (κ2) is 6.42. The molecule has 2 aromatic rings. The van der Waals surface area contributed by atoms with E-state index in [2.05, 4.69) is 35.8 Å². The Morgan fingerprint density at radius 1 is 1.00 bits per heavy atom. The zero-order chi connectivity index (χ0) is 14.7. The van der Waals surface area contributed by atoms with E-state index in [4.69, 9.17) is 0 Å². The van der Waals surface area contributed by atoms with Crippen molar-refractivity contribution < 1.29 is 4.39 Å². The molecule has 1 nitrogen and oxygen atoms in total. The summed E-state index contributed by atoms with van der Waals surface area (Å²) in [6, 6.07) is 12.4. The topological polar surface area (TPSA) is 12.0 Å². The van der Waals surface area contributed by atoms with Gasteiger partial charge in [0.15, 0.2) is 0 Å². The van der Waals surface area contributed by atoms with E-state index < -0.39 is 0 Å².